The second kappa shape index (κ2) is 7.00. The molecule has 0 unspecified atom stereocenters. The number of benzene rings is 1. The maximum Gasteiger partial charge on any atom is 0.241 e. The molecule has 26 heavy (non-hydrogen) atoms. The fraction of sp³-hybridized carbons (Fsp3) is 0.412. The van der Waals surface area contributed by atoms with Gasteiger partial charge in [-0.3, -0.25) is 19.5 Å². The van der Waals surface area contributed by atoms with E-state index < -0.39 is 8.07 Å². The average molecular weight is 372 g/mol. The summed E-state index contributed by atoms with van der Waals surface area (Å²) in [7, 11) is 2.21. The summed E-state index contributed by atoms with van der Waals surface area (Å²) in [5.74, 6) is 0.559. The standard InChI is InChI=1S/C17H25N7OSi/c1-18-9-16(25)23(2)17-13-8-12(6-7-14(13)19-21-17)15-10-24(22-20-15)11-26(3,4)5/h6-8,10,18H,9,11H2,1-5H3,(H,19,21). The Hall–Kier alpha value is -2.52. The van der Waals surface area contributed by atoms with Crippen molar-refractivity contribution in [3.8, 4) is 11.3 Å². The second-order valence-corrected chi connectivity index (χ2v) is 13.1. The number of likely N-dealkylation sites (N-methyl/N-ethyl adjacent to an activating group) is 2. The zero-order valence-electron chi connectivity index (χ0n) is 15.9. The Morgan fingerprint density at radius 1 is 1.35 bits per heavy atom. The lowest BCUT2D eigenvalue weighted by atomic mass is 10.1. The van der Waals surface area contributed by atoms with Crippen molar-refractivity contribution in [1.29, 1.82) is 0 Å². The van der Waals surface area contributed by atoms with E-state index in [0.717, 1.165) is 28.3 Å². The fourth-order valence-corrected chi connectivity index (χ4v) is 3.92. The van der Waals surface area contributed by atoms with E-state index in [1.165, 1.54) is 0 Å². The normalized spacial score (nSPS) is 11.9. The Kier molecular flexibility index (Phi) is 4.92. The first-order chi connectivity index (χ1) is 12.3. The van der Waals surface area contributed by atoms with Crippen LogP contribution in [0.3, 0.4) is 0 Å². The first-order valence-corrected chi connectivity index (χ1v) is 12.3. The van der Waals surface area contributed by atoms with Crippen molar-refractivity contribution in [2.24, 2.45) is 0 Å². The number of fused-ring (bicyclic) bond motifs is 1. The van der Waals surface area contributed by atoms with Gasteiger partial charge in [-0.15, -0.1) is 5.10 Å². The van der Waals surface area contributed by atoms with E-state index in [4.69, 9.17) is 0 Å². The van der Waals surface area contributed by atoms with Crippen LogP contribution in [0.25, 0.3) is 22.2 Å². The number of rotatable bonds is 6. The summed E-state index contributed by atoms with van der Waals surface area (Å²) in [6.07, 6.45) is 2.91. The Bertz CT molecular complexity index is 925. The largest absolute Gasteiger partial charge is 0.311 e. The van der Waals surface area contributed by atoms with E-state index in [1.807, 2.05) is 29.1 Å². The lowest BCUT2D eigenvalue weighted by molar-refractivity contribution is -0.117. The van der Waals surface area contributed by atoms with Gasteiger partial charge in [0.1, 0.15) is 5.69 Å². The summed E-state index contributed by atoms with van der Waals surface area (Å²) in [5, 5.41) is 19.6. The summed E-state index contributed by atoms with van der Waals surface area (Å²) in [6.45, 7) is 7.16. The van der Waals surface area contributed by atoms with Gasteiger partial charge in [0, 0.05) is 24.2 Å². The molecular formula is C17H25N7OSi. The first kappa shape index (κ1) is 18.3. The van der Waals surface area contributed by atoms with Crippen LogP contribution in [0.5, 0.6) is 0 Å². The van der Waals surface area contributed by atoms with Crippen LogP contribution in [-0.4, -0.2) is 59.8 Å². The molecule has 0 spiro atoms. The molecule has 0 aliphatic heterocycles. The molecule has 8 nitrogen and oxygen atoms in total. The molecule has 3 rings (SSSR count). The zero-order valence-corrected chi connectivity index (χ0v) is 16.9. The van der Waals surface area contributed by atoms with Crippen LogP contribution in [0.15, 0.2) is 24.4 Å². The smallest absolute Gasteiger partial charge is 0.241 e. The predicted octanol–water partition coefficient (Wildman–Crippen LogP) is 1.88. The Labute approximate surface area is 153 Å². The topological polar surface area (TPSA) is 91.7 Å². The molecule has 138 valence electrons. The Morgan fingerprint density at radius 3 is 2.81 bits per heavy atom. The van der Waals surface area contributed by atoms with Crippen LogP contribution >= 0.6 is 0 Å². The fourth-order valence-electron chi connectivity index (χ4n) is 2.80. The molecule has 0 bridgehead atoms. The third kappa shape index (κ3) is 3.83. The van der Waals surface area contributed by atoms with Crippen molar-refractivity contribution < 1.29 is 4.79 Å². The molecule has 0 saturated carbocycles. The van der Waals surface area contributed by atoms with Crippen molar-refractivity contribution >= 4 is 30.7 Å². The van der Waals surface area contributed by atoms with E-state index in [2.05, 4.69) is 45.5 Å². The molecule has 0 saturated heterocycles. The highest BCUT2D eigenvalue weighted by Gasteiger charge is 2.18. The van der Waals surface area contributed by atoms with Crippen LogP contribution in [0.2, 0.25) is 19.6 Å². The van der Waals surface area contributed by atoms with Crippen LogP contribution in [-0.2, 0) is 11.0 Å². The molecular weight excluding hydrogens is 346 g/mol. The van der Waals surface area contributed by atoms with E-state index >= 15 is 0 Å². The maximum atomic E-state index is 12.2. The number of hydrogen-bond donors (Lipinski definition) is 2. The molecule has 1 aromatic carbocycles. The molecule has 9 heteroatoms. The summed E-state index contributed by atoms with van der Waals surface area (Å²) < 4.78 is 1.92. The van der Waals surface area contributed by atoms with Crippen LogP contribution < -0.4 is 10.2 Å². The number of carbonyl (C=O) groups is 1. The van der Waals surface area contributed by atoms with Crippen LogP contribution in [0.1, 0.15) is 0 Å². The van der Waals surface area contributed by atoms with E-state index in [0.29, 0.717) is 5.82 Å². The number of nitrogens with zero attached hydrogens (tertiary/aromatic N) is 5. The van der Waals surface area contributed by atoms with Gasteiger partial charge in [0.05, 0.1) is 26.3 Å². The zero-order chi connectivity index (χ0) is 18.9. The third-order valence-electron chi connectivity index (χ3n) is 4.03. The minimum atomic E-state index is -1.27. The minimum absolute atomic E-state index is 0.0487. The molecule has 0 atom stereocenters. The van der Waals surface area contributed by atoms with Crippen molar-refractivity contribution in [3.63, 3.8) is 0 Å². The lowest BCUT2D eigenvalue weighted by Gasteiger charge is -2.14. The molecule has 1 amide bonds. The third-order valence-corrected chi connectivity index (χ3v) is 5.31. The summed E-state index contributed by atoms with van der Waals surface area (Å²) in [6, 6.07) is 5.94. The van der Waals surface area contributed by atoms with Gasteiger partial charge < -0.3 is 5.32 Å². The van der Waals surface area contributed by atoms with Crippen molar-refractivity contribution in [2.75, 3.05) is 25.5 Å². The highest BCUT2D eigenvalue weighted by atomic mass is 28.3. The summed E-state index contributed by atoms with van der Waals surface area (Å²) in [5.41, 5.74) is 2.65. The van der Waals surface area contributed by atoms with Crippen LogP contribution in [0, 0.1) is 0 Å². The van der Waals surface area contributed by atoms with E-state index in [-0.39, 0.29) is 12.5 Å². The number of H-pyrrole nitrogens is 1. The highest BCUT2D eigenvalue weighted by molar-refractivity contribution is 6.74. The number of amides is 1. The SMILES string of the molecule is CNCC(=O)N(C)c1n[nH]c2ccc(-c3cn(C[Si](C)(C)C)nn3)cc12. The number of nitrogens with one attached hydrogen (secondary N) is 2. The molecule has 0 fully saturated rings. The number of anilines is 1. The molecule has 2 N–H and O–H groups in total. The van der Waals surface area contributed by atoms with Gasteiger partial charge in [0.15, 0.2) is 5.82 Å². The number of aromatic nitrogens is 5. The van der Waals surface area contributed by atoms with Crippen LogP contribution in [0.4, 0.5) is 5.82 Å². The minimum Gasteiger partial charge on any atom is -0.311 e. The highest BCUT2D eigenvalue weighted by Crippen LogP contribution is 2.28. The van der Waals surface area contributed by atoms with Gasteiger partial charge in [0.2, 0.25) is 5.91 Å². The number of carbonyl (C=O) groups excluding carboxylic acids is 1. The van der Waals surface area contributed by atoms with E-state index in [1.54, 1.807) is 19.0 Å². The second-order valence-electron chi connectivity index (χ2n) is 7.65. The van der Waals surface area contributed by atoms with Crippen molar-refractivity contribution in [1.82, 2.24) is 30.5 Å². The molecule has 2 heterocycles. The molecule has 0 aliphatic carbocycles. The van der Waals surface area contributed by atoms with Gasteiger partial charge in [-0.2, -0.15) is 5.10 Å². The van der Waals surface area contributed by atoms with Gasteiger partial charge in [-0.1, -0.05) is 30.9 Å². The van der Waals surface area contributed by atoms with Crippen molar-refractivity contribution in [2.45, 2.75) is 25.8 Å². The molecule has 0 aliphatic rings. The monoisotopic (exact) mass is 371 g/mol. The predicted molar refractivity (Wildman–Crippen MR) is 106 cm³/mol. The van der Waals surface area contributed by atoms with Gasteiger partial charge in [-0.25, -0.2) is 0 Å². The Morgan fingerprint density at radius 2 is 2.12 bits per heavy atom. The van der Waals surface area contributed by atoms with E-state index in [9.17, 15) is 4.79 Å². The summed E-state index contributed by atoms with van der Waals surface area (Å²) >= 11 is 0. The molecule has 3 aromatic rings. The van der Waals surface area contributed by atoms with Gasteiger partial charge in [-0.05, 0) is 19.2 Å². The maximum absolute atomic E-state index is 12.2. The first-order valence-electron chi connectivity index (χ1n) is 8.58. The molecule has 0 radical (unpaired) electrons. The lowest BCUT2D eigenvalue weighted by Crippen LogP contribution is -2.34. The van der Waals surface area contributed by atoms with Gasteiger partial charge >= 0.3 is 0 Å². The quantitative estimate of drug-likeness (QED) is 0.646. The Balaban J connectivity index is 1.94. The summed E-state index contributed by atoms with van der Waals surface area (Å²) in [4.78, 5) is 13.7. The molecule has 2 aromatic heterocycles. The number of hydrogen-bond acceptors (Lipinski definition) is 5. The average Bonchev–Trinajstić information content (AvgIpc) is 3.19. The van der Waals surface area contributed by atoms with Crippen molar-refractivity contribution in [3.05, 3.63) is 24.4 Å². The number of aromatic amines is 1. The van der Waals surface area contributed by atoms with Gasteiger partial charge in [0.25, 0.3) is 0 Å².